The van der Waals surface area contributed by atoms with E-state index in [1.165, 1.54) is 44.4 Å². The van der Waals surface area contributed by atoms with E-state index in [0.29, 0.717) is 22.6 Å². The minimum absolute atomic E-state index is 0.0308. The second-order valence-corrected chi connectivity index (χ2v) is 9.25. The molecule has 1 aromatic carbocycles. The van der Waals surface area contributed by atoms with Gasteiger partial charge in [0.05, 0.1) is 12.0 Å². The molecule has 9 heteroatoms. The normalized spacial score (nSPS) is 12.3. The summed E-state index contributed by atoms with van der Waals surface area (Å²) in [7, 11) is -6.24. The lowest BCUT2D eigenvalue weighted by atomic mass is 10.3. The lowest BCUT2D eigenvalue weighted by Crippen LogP contribution is -2.10. The molecule has 1 aromatic heterocycles. The fraction of sp³-hybridized carbons (Fsp3) is 0.167. The van der Waals surface area contributed by atoms with Crippen LogP contribution >= 0.6 is 11.3 Å². The Morgan fingerprint density at radius 2 is 1.67 bits per heavy atom. The van der Waals surface area contributed by atoms with Gasteiger partial charge in [-0.05, 0) is 42.8 Å². The molecule has 21 heavy (non-hydrogen) atoms. The maximum absolute atomic E-state index is 12.5. The van der Waals surface area contributed by atoms with E-state index < -0.39 is 19.9 Å². The van der Waals surface area contributed by atoms with Gasteiger partial charge in [-0.3, -0.25) is 0 Å². The van der Waals surface area contributed by atoms with Crippen LogP contribution < -0.4 is 9.88 Å². The number of hydrogen-bond donors (Lipinski definition) is 1. The van der Waals surface area contributed by atoms with Crippen LogP contribution in [0.15, 0.2) is 43.6 Å². The summed E-state index contributed by atoms with van der Waals surface area (Å²) in [6, 6.07) is 7.12. The molecule has 0 aliphatic heterocycles. The molecule has 0 amide bonds. The van der Waals surface area contributed by atoms with E-state index in [1.807, 2.05) is 0 Å². The molecule has 0 aliphatic rings. The van der Waals surface area contributed by atoms with Crippen molar-refractivity contribution in [1.82, 2.24) is 0 Å². The van der Waals surface area contributed by atoms with Gasteiger partial charge in [-0.25, -0.2) is 22.0 Å². The minimum atomic E-state index is -3.92. The topological polar surface area (TPSA) is 104 Å². The Bertz CT molecular complexity index is 864. The summed E-state index contributed by atoms with van der Waals surface area (Å²) < 4.78 is 52.5. The first-order chi connectivity index (χ1) is 9.66. The number of nitrogens with two attached hydrogens (primary N) is 1. The molecule has 6 nitrogen and oxygen atoms in total. The molecule has 2 N–H and O–H groups in total. The van der Waals surface area contributed by atoms with Crippen molar-refractivity contribution in [1.29, 1.82) is 0 Å². The molecule has 0 unspecified atom stereocenters. The van der Waals surface area contributed by atoms with Crippen LogP contribution in [0, 0.1) is 6.92 Å². The summed E-state index contributed by atoms with van der Waals surface area (Å²) in [6.07, 6.45) is 0. The molecule has 0 spiro atoms. The van der Waals surface area contributed by atoms with Crippen molar-refractivity contribution in [3.63, 3.8) is 0 Å². The van der Waals surface area contributed by atoms with E-state index in [0.717, 1.165) is 0 Å². The van der Waals surface area contributed by atoms with Crippen LogP contribution in [0.25, 0.3) is 0 Å². The molecule has 0 fully saturated rings. The highest BCUT2D eigenvalue weighted by Gasteiger charge is 2.25. The van der Waals surface area contributed by atoms with Crippen molar-refractivity contribution in [2.24, 2.45) is 5.14 Å². The second kappa shape index (κ2) is 5.41. The van der Waals surface area contributed by atoms with Crippen molar-refractivity contribution < 1.29 is 21.6 Å². The van der Waals surface area contributed by atoms with Crippen LogP contribution in [0.2, 0.25) is 0 Å². The second-order valence-electron chi connectivity index (χ2n) is 4.26. The summed E-state index contributed by atoms with van der Waals surface area (Å²) >= 11 is 0.646. The van der Waals surface area contributed by atoms with E-state index in [1.54, 1.807) is 0 Å². The van der Waals surface area contributed by atoms with Crippen molar-refractivity contribution in [2.45, 2.75) is 20.2 Å². The van der Waals surface area contributed by atoms with Gasteiger partial charge in [-0.2, -0.15) is 0 Å². The van der Waals surface area contributed by atoms with Gasteiger partial charge >= 0.3 is 0 Å². The molecule has 1 heterocycles. The number of benzene rings is 1. The van der Waals surface area contributed by atoms with Crippen molar-refractivity contribution in [3.05, 3.63) is 35.9 Å². The highest BCUT2D eigenvalue weighted by atomic mass is 32.3. The lowest BCUT2D eigenvalue weighted by molar-refractivity contribution is 0.414. The molecular formula is C12H13NO5S3. The van der Waals surface area contributed by atoms with Crippen LogP contribution in [0.3, 0.4) is 0 Å². The quantitative estimate of drug-likeness (QED) is 0.903. The first-order valence-electron chi connectivity index (χ1n) is 5.68. The Morgan fingerprint density at radius 3 is 2.10 bits per heavy atom. The van der Waals surface area contributed by atoms with Crippen LogP contribution in [0.1, 0.15) is 5.56 Å². The number of thiophene rings is 1. The van der Waals surface area contributed by atoms with Gasteiger partial charge < -0.3 is 4.74 Å². The Hall–Kier alpha value is -1.42. The molecule has 2 aromatic rings. The maximum atomic E-state index is 12.5. The van der Waals surface area contributed by atoms with Crippen molar-refractivity contribution in [3.8, 4) is 5.75 Å². The van der Waals surface area contributed by atoms with Crippen LogP contribution in [-0.2, 0) is 19.9 Å². The standard InChI is InChI=1S/C12H13NO5S3/c1-8-7-11(21(13,16)17)19-12(8)20(14,15)10-5-3-9(18-2)4-6-10/h3-7H,1-2H3,(H2,13,16,17). The Kier molecular flexibility index (Phi) is 4.11. The zero-order valence-corrected chi connectivity index (χ0v) is 13.7. The SMILES string of the molecule is COc1ccc(S(=O)(=O)c2sc(S(N)(=O)=O)cc2C)cc1. The first-order valence-corrected chi connectivity index (χ1v) is 9.53. The molecule has 0 saturated heterocycles. The average molecular weight is 347 g/mol. The largest absolute Gasteiger partial charge is 0.497 e. The molecule has 0 atom stereocenters. The third-order valence-corrected chi connectivity index (χ3v) is 7.81. The van der Waals surface area contributed by atoms with E-state index >= 15 is 0 Å². The van der Waals surface area contributed by atoms with Gasteiger partial charge in [-0.1, -0.05) is 0 Å². The predicted molar refractivity (Wildman–Crippen MR) is 78.9 cm³/mol. The molecule has 0 bridgehead atoms. The highest BCUT2D eigenvalue weighted by Crippen LogP contribution is 2.33. The predicted octanol–water partition coefficient (Wildman–Crippen LogP) is 1.55. The Morgan fingerprint density at radius 1 is 1.10 bits per heavy atom. The number of sulfonamides is 1. The van der Waals surface area contributed by atoms with Gasteiger partial charge in [-0.15, -0.1) is 11.3 Å². The molecular weight excluding hydrogens is 334 g/mol. The first kappa shape index (κ1) is 16.0. The fourth-order valence-corrected chi connectivity index (χ4v) is 5.75. The Balaban J connectivity index is 2.56. The van der Waals surface area contributed by atoms with Gasteiger partial charge in [0.1, 0.15) is 14.2 Å². The van der Waals surface area contributed by atoms with Gasteiger partial charge in [0, 0.05) is 0 Å². The fourth-order valence-electron chi connectivity index (χ4n) is 1.71. The summed E-state index contributed by atoms with van der Waals surface area (Å²) in [5.74, 6) is 0.530. The van der Waals surface area contributed by atoms with E-state index in [4.69, 9.17) is 9.88 Å². The van der Waals surface area contributed by atoms with E-state index in [-0.39, 0.29) is 13.3 Å². The van der Waals surface area contributed by atoms with Crippen LogP contribution in [0.4, 0.5) is 0 Å². The summed E-state index contributed by atoms with van der Waals surface area (Å²) in [6.45, 7) is 1.53. The average Bonchev–Trinajstić information content (AvgIpc) is 2.81. The zero-order chi connectivity index (χ0) is 15.8. The molecule has 114 valence electrons. The Labute approximate surface area is 127 Å². The molecule has 0 radical (unpaired) electrons. The summed E-state index contributed by atoms with van der Waals surface area (Å²) in [5, 5.41) is 5.03. The van der Waals surface area contributed by atoms with Crippen molar-refractivity contribution >= 4 is 31.2 Å². The number of rotatable bonds is 4. The van der Waals surface area contributed by atoms with Crippen LogP contribution in [-0.4, -0.2) is 23.9 Å². The summed E-state index contributed by atoms with van der Waals surface area (Å²) in [4.78, 5) is 0.0641. The van der Waals surface area contributed by atoms with Gasteiger partial charge in [0.15, 0.2) is 0 Å². The third-order valence-electron chi connectivity index (χ3n) is 2.74. The number of aryl methyl sites for hydroxylation is 1. The highest BCUT2D eigenvalue weighted by molar-refractivity contribution is 7.95. The van der Waals surface area contributed by atoms with E-state index in [9.17, 15) is 16.8 Å². The van der Waals surface area contributed by atoms with Crippen molar-refractivity contribution in [2.75, 3.05) is 7.11 Å². The number of primary sulfonamides is 1. The molecule has 0 aliphatic carbocycles. The third kappa shape index (κ3) is 3.10. The smallest absolute Gasteiger partial charge is 0.247 e. The van der Waals surface area contributed by atoms with Crippen LogP contribution in [0.5, 0.6) is 5.75 Å². The van der Waals surface area contributed by atoms with Gasteiger partial charge in [0.25, 0.3) is 0 Å². The zero-order valence-electron chi connectivity index (χ0n) is 11.2. The maximum Gasteiger partial charge on any atom is 0.247 e. The number of sulfone groups is 1. The number of methoxy groups -OCH3 is 1. The number of hydrogen-bond acceptors (Lipinski definition) is 6. The van der Waals surface area contributed by atoms with Gasteiger partial charge in [0.2, 0.25) is 19.9 Å². The summed E-state index contributed by atoms with van der Waals surface area (Å²) in [5.41, 5.74) is 0.347. The lowest BCUT2D eigenvalue weighted by Gasteiger charge is -2.04. The monoisotopic (exact) mass is 347 g/mol. The number of ether oxygens (including phenoxy) is 1. The molecule has 0 saturated carbocycles. The van der Waals surface area contributed by atoms with E-state index in [2.05, 4.69) is 0 Å². The minimum Gasteiger partial charge on any atom is -0.497 e. The molecule has 2 rings (SSSR count).